The number of halogens is 1. The van der Waals surface area contributed by atoms with Crippen molar-refractivity contribution < 1.29 is 28.4 Å². The maximum atomic E-state index is 7.57. The third kappa shape index (κ3) is 10.5. The van der Waals surface area contributed by atoms with E-state index in [4.69, 9.17) is 5.11 Å². The van der Waals surface area contributed by atoms with Crippen LogP contribution in [0.2, 0.25) is 13.1 Å². The van der Waals surface area contributed by atoms with Gasteiger partial charge in [0.15, 0.2) is 0 Å². The molecule has 4 aromatic carbocycles. The van der Waals surface area contributed by atoms with Gasteiger partial charge in [0.1, 0.15) is 0 Å². The molecule has 0 radical (unpaired) electrons. The topological polar surface area (TPSA) is 20.2 Å². The van der Waals surface area contributed by atoms with Gasteiger partial charge in [0.25, 0.3) is 0 Å². The number of benzene rings is 2. The predicted molar refractivity (Wildman–Crippen MR) is 126 cm³/mol. The van der Waals surface area contributed by atoms with E-state index in [0.29, 0.717) is 0 Å². The van der Waals surface area contributed by atoms with E-state index in [1.54, 1.807) is 30.3 Å². The summed E-state index contributed by atoms with van der Waals surface area (Å²) < 4.78 is 0. The van der Waals surface area contributed by atoms with Gasteiger partial charge in [-0.3, -0.25) is 0 Å². The van der Waals surface area contributed by atoms with E-state index in [0.717, 1.165) is 0 Å². The Bertz CT molecular complexity index is 813. The van der Waals surface area contributed by atoms with Crippen molar-refractivity contribution in [2.75, 3.05) is 6.61 Å². The van der Waals surface area contributed by atoms with Gasteiger partial charge in [0.2, 0.25) is 0 Å². The summed E-state index contributed by atoms with van der Waals surface area (Å²) in [6.07, 6.45) is 0. The van der Waals surface area contributed by atoms with Crippen LogP contribution in [0.3, 0.4) is 0 Å². The van der Waals surface area contributed by atoms with Crippen LogP contribution in [-0.4, -0.2) is 17.1 Å². The molecule has 4 aromatic rings. The van der Waals surface area contributed by atoms with Crippen molar-refractivity contribution in [2.45, 2.75) is 33.9 Å². The molecule has 0 aliphatic heterocycles. The zero-order valence-corrected chi connectivity index (χ0v) is 21.8. The molecule has 0 aliphatic rings. The molecule has 0 spiro atoms. The fraction of sp³-hybridized carbons (Fsp3) is 0.250. The van der Waals surface area contributed by atoms with Crippen LogP contribution in [-0.2, 0) is 23.3 Å². The number of hydrogen-bond acceptors (Lipinski definition) is 1. The maximum Gasteiger partial charge on any atom is -0.0579 e. The number of rotatable bonds is 0. The molecule has 0 amide bonds. The van der Waals surface area contributed by atoms with Crippen molar-refractivity contribution in [3.63, 3.8) is 0 Å². The molecule has 0 aliphatic carbocycles. The van der Waals surface area contributed by atoms with Crippen LogP contribution in [0.1, 0.15) is 18.1 Å². The fourth-order valence-electron chi connectivity index (χ4n) is 2.61. The zero-order valence-electron chi connectivity index (χ0n) is 17.5. The summed E-state index contributed by atoms with van der Waals surface area (Å²) in [6, 6.07) is 25.7. The quantitative estimate of drug-likeness (QED) is 0.209. The van der Waals surface area contributed by atoms with Gasteiger partial charge >= 0.3 is 41.9 Å². The van der Waals surface area contributed by atoms with Crippen molar-refractivity contribution in [2.24, 2.45) is 0 Å². The Morgan fingerprint density at radius 2 is 1.11 bits per heavy atom. The van der Waals surface area contributed by atoms with E-state index in [1.165, 1.54) is 32.7 Å². The monoisotopic (exact) mass is 488 g/mol. The second-order valence-corrected chi connectivity index (χ2v) is 16.0. The largest absolute Gasteiger partial charge is 0.165 e. The Morgan fingerprint density at radius 3 is 1.39 bits per heavy atom. The molecule has 4 heteroatoms. The van der Waals surface area contributed by atoms with E-state index in [-0.39, 0.29) is 24.4 Å². The Kier molecular flexibility index (Phi) is 14.4. The first-order valence-corrected chi connectivity index (χ1v) is 15.4. The number of aliphatic hydroxyl groups is 1. The van der Waals surface area contributed by atoms with E-state index in [1.807, 2.05) is 0 Å². The predicted octanol–water partition coefficient (Wildman–Crippen LogP) is 6.94. The summed E-state index contributed by atoms with van der Waals surface area (Å²) >= 11 is 1.74. The number of fused-ring (bicyclic) bond motifs is 2. The Labute approximate surface area is 191 Å². The summed E-state index contributed by atoms with van der Waals surface area (Å²) in [5.41, 5.74) is 2.91. The normalized spacial score (nSPS) is 9.14. The summed E-state index contributed by atoms with van der Waals surface area (Å²) in [6.45, 7) is 10.8. The first-order chi connectivity index (χ1) is 12.9. The SMILES string of the molecule is CCO.C[Si](C)=[Zr+2].Cc1cc2ccccc2[cH-]1.Cc1cc2ccccc2[cH-]1.Cl. The van der Waals surface area contributed by atoms with Crippen LogP contribution in [0.25, 0.3) is 21.5 Å². The van der Waals surface area contributed by atoms with Crippen LogP contribution >= 0.6 is 12.4 Å². The Hall–Kier alpha value is -0.990. The van der Waals surface area contributed by atoms with E-state index >= 15 is 0 Å². The van der Waals surface area contributed by atoms with Crippen molar-refractivity contribution in [1.29, 1.82) is 0 Å². The molecule has 0 saturated carbocycles. The van der Waals surface area contributed by atoms with Crippen molar-refractivity contribution in [1.82, 2.24) is 0 Å². The second-order valence-electron chi connectivity index (χ2n) is 6.64. The molecule has 0 bridgehead atoms. The van der Waals surface area contributed by atoms with Crippen LogP contribution in [0.4, 0.5) is 0 Å². The molecule has 28 heavy (non-hydrogen) atoms. The minimum Gasteiger partial charge on any atom is -0.165 e. The van der Waals surface area contributed by atoms with E-state index in [9.17, 15) is 0 Å². The Morgan fingerprint density at radius 1 is 0.821 bits per heavy atom. The summed E-state index contributed by atoms with van der Waals surface area (Å²) in [7, 11) is 0. The third-order valence-electron chi connectivity index (χ3n) is 3.52. The summed E-state index contributed by atoms with van der Waals surface area (Å²) in [4.78, 5) is 0. The molecule has 0 heterocycles. The second kappa shape index (κ2) is 14.9. The van der Waals surface area contributed by atoms with Crippen LogP contribution in [0, 0.1) is 13.8 Å². The van der Waals surface area contributed by atoms with Gasteiger partial charge in [0.05, 0.1) is 0 Å². The average molecular weight is 490 g/mol. The van der Waals surface area contributed by atoms with E-state index < -0.39 is 0 Å². The molecule has 4 rings (SSSR count). The molecular weight excluding hydrogens is 459 g/mol. The number of aryl methyl sites for hydroxylation is 2. The maximum absolute atomic E-state index is 7.57. The van der Waals surface area contributed by atoms with Gasteiger partial charge in [-0.1, -0.05) is 26.0 Å². The fourth-order valence-corrected chi connectivity index (χ4v) is 2.61. The summed E-state index contributed by atoms with van der Waals surface area (Å²) in [5.74, 6) is 0. The number of aliphatic hydroxyl groups excluding tert-OH is 1. The minimum absolute atomic E-state index is 0. The van der Waals surface area contributed by atoms with Crippen molar-refractivity contribution in [3.8, 4) is 0 Å². The van der Waals surface area contributed by atoms with Crippen LogP contribution < -0.4 is 0 Å². The molecule has 0 atom stereocenters. The van der Waals surface area contributed by atoms with Crippen LogP contribution in [0.15, 0.2) is 72.8 Å². The van der Waals surface area contributed by atoms with Crippen molar-refractivity contribution >= 4 is 39.4 Å². The number of hydrogen-bond donors (Lipinski definition) is 1. The van der Waals surface area contributed by atoms with Gasteiger partial charge in [-0.25, -0.2) is 0 Å². The molecule has 0 aromatic heterocycles. The molecule has 148 valence electrons. The van der Waals surface area contributed by atoms with E-state index in [2.05, 4.69) is 99.7 Å². The first-order valence-electron chi connectivity index (χ1n) is 9.24. The molecular formula is C24H31ClOSiZr. The van der Waals surface area contributed by atoms with Gasteiger partial charge in [-0.05, 0) is 6.92 Å². The van der Waals surface area contributed by atoms with Gasteiger partial charge in [-0.2, -0.15) is 12.1 Å². The molecule has 0 fully saturated rings. The van der Waals surface area contributed by atoms with Gasteiger partial charge in [0, 0.05) is 6.61 Å². The molecule has 0 unspecified atom stereocenters. The zero-order chi connectivity index (χ0) is 20.2. The molecule has 0 saturated heterocycles. The van der Waals surface area contributed by atoms with Gasteiger partial charge < -0.3 is 5.11 Å². The minimum atomic E-state index is 0. The average Bonchev–Trinajstić information content (AvgIpc) is 3.15. The van der Waals surface area contributed by atoms with Crippen molar-refractivity contribution in [3.05, 3.63) is 83.9 Å². The third-order valence-corrected chi connectivity index (χ3v) is 3.52. The smallest absolute Gasteiger partial charge is 0.0579 e. The molecule has 1 N–H and O–H groups in total. The molecule has 1 nitrogen and oxygen atoms in total. The van der Waals surface area contributed by atoms with Gasteiger partial charge in [-0.15, -0.1) is 93.6 Å². The van der Waals surface area contributed by atoms with Crippen LogP contribution in [0.5, 0.6) is 0 Å². The summed E-state index contributed by atoms with van der Waals surface area (Å²) in [5, 5.41) is 13.0. The Balaban J connectivity index is 0.000000385. The standard InChI is InChI=1S/2C10H9.C2H6O.C2H6Si.ClH.Zr/c2*1-8-6-9-4-2-3-5-10(9)7-8;1-2-3;1-3-2;;/h2*2-7H,1H3;3H,2H2,1H3;1-2H3;1H;/q2*-1;;;;+2. The first kappa shape index (κ1) is 27.0.